The molecule has 2 aromatic carbocycles. The highest BCUT2D eigenvalue weighted by Crippen LogP contribution is 2.30. The second-order valence-corrected chi connectivity index (χ2v) is 7.15. The molecule has 0 spiro atoms. The Hall–Kier alpha value is -2.64. The Bertz CT molecular complexity index is 993. The minimum atomic E-state index is -0.800. The van der Waals surface area contributed by atoms with Crippen LogP contribution in [0.1, 0.15) is 30.0 Å². The maximum absolute atomic E-state index is 10.2. The number of aromatic hydroxyl groups is 1. The van der Waals surface area contributed by atoms with Crippen molar-refractivity contribution in [1.82, 2.24) is 10.2 Å². The first kappa shape index (κ1) is 19.1. The number of rotatable bonds is 5. The molecule has 1 unspecified atom stereocenters. The Labute approximate surface area is 169 Å². The van der Waals surface area contributed by atoms with E-state index in [0.29, 0.717) is 17.0 Å². The van der Waals surface area contributed by atoms with Crippen molar-refractivity contribution in [2.45, 2.75) is 26.0 Å². The van der Waals surface area contributed by atoms with Gasteiger partial charge in [0.1, 0.15) is 17.9 Å². The summed E-state index contributed by atoms with van der Waals surface area (Å²) in [4.78, 5) is 0. The molecular formula is C19H17IN4O3. The second-order valence-electron chi connectivity index (χ2n) is 6.07. The number of aromatic nitrogens is 2. The molecule has 0 saturated heterocycles. The van der Waals surface area contributed by atoms with Crippen molar-refractivity contribution in [3.05, 3.63) is 57.0 Å². The van der Waals surface area contributed by atoms with E-state index in [9.17, 15) is 10.2 Å². The zero-order valence-electron chi connectivity index (χ0n) is 14.6. The van der Waals surface area contributed by atoms with Crippen LogP contribution in [0.3, 0.4) is 0 Å². The lowest BCUT2D eigenvalue weighted by molar-refractivity contribution is 0.159. The minimum absolute atomic E-state index is 0.146. The van der Waals surface area contributed by atoms with Crippen molar-refractivity contribution in [3.63, 3.8) is 0 Å². The zero-order valence-corrected chi connectivity index (χ0v) is 16.8. The van der Waals surface area contributed by atoms with Crippen molar-refractivity contribution in [3.8, 4) is 23.3 Å². The van der Waals surface area contributed by atoms with Gasteiger partial charge in [-0.25, -0.2) is 0 Å². The maximum Gasteiger partial charge on any atom is 0.247 e. The molecule has 1 aromatic heterocycles. The lowest BCUT2D eigenvalue weighted by Gasteiger charge is -2.21. The van der Waals surface area contributed by atoms with Crippen LogP contribution in [0.5, 0.6) is 5.75 Å². The molecule has 2 atom stereocenters. The number of phenolic OH excluding ortho intramolecular Hbond substituents is 1. The average molecular weight is 476 g/mol. The summed E-state index contributed by atoms with van der Waals surface area (Å²) in [5.41, 5.74) is 2.94. The molecule has 138 valence electrons. The molecule has 8 heteroatoms. The SMILES string of the molecule is Cc1c(NC(c2nnc(-c3ccc(O)cc3)o2)[C@H](C)O)ccc(C#N)c1I. The molecule has 7 nitrogen and oxygen atoms in total. The van der Waals surface area contributed by atoms with Gasteiger partial charge in [0.05, 0.1) is 11.7 Å². The Kier molecular flexibility index (Phi) is 5.62. The first-order valence-corrected chi connectivity index (χ1v) is 9.25. The minimum Gasteiger partial charge on any atom is -0.508 e. The van der Waals surface area contributed by atoms with Crippen molar-refractivity contribution in [2.75, 3.05) is 5.32 Å². The molecule has 3 aromatic rings. The summed E-state index contributed by atoms with van der Waals surface area (Å²) in [5.74, 6) is 0.684. The molecule has 1 heterocycles. The van der Waals surface area contributed by atoms with Crippen LogP contribution in [-0.2, 0) is 0 Å². The van der Waals surface area contributed by atoms with Crippen LogP contribution in [0, 0.1) is 21.8 Å². The van der Waals surface area contributed by atoms with Gasteiger partial charge in [-0.15, -0.1) is 10.2 Å². The zero-order chi connectivity index (χ0) is 19.6. The largest absolute Gasteiger partial charge is 0.508 e. The predicted octanol–water partition coefficient (Wildman–Crippen LogP) is 3.76. The first-order chi connectivity index (χ1) is 12.9. The fourth-order valence-corrected chi connectivity index (χ4v) is 3.16. The topological polar surface area (TPSA) is 115 Å². The van der Waals surface area contributed by atoms with E-state index in [-0.39, 0.29) is 11.6 Å². The van der Waals surface area contributed by atoms with Gasteiger partial charge in [-0.2, -0.15) is 5.26 Å². The number of nitrogens with zero attached hydrogens (tertiary/aromatic N) is 3. The number of aliphatic hydroxyl groups excluding tert-OH is 1. The number of hydrogen-bond acceptors (Lipinski definition) is 7. The number of anilines is 1. The van der Waals surface area contributed by atoms with Gasteiger partial charge < -0.3 is 19.9 Å². The summed E-state index contributed by atoms with van der Waals surface area (Å²) >= 11 is 2.13. The van der Waals surface area contributed by atoms with E-state index in [2.05, 4.69) is 44.2 Å². The third-order valence-corrected chi connectivity index (χ3v) is 5.51. The number of phenols is 1. The van der Waals surface area contributed by atoms with E-state index in [4.69, 9.17) is 9.68 Å². The van der Waals surface area contributed by atoms with Gasteiger partial charge in [0.15, 0.2) is 0 Å². The first-order valence-electron chi connectivity index (χ1n) is 8.17. The molecule has 3 N–H and O–H groups in total. The van der Waals surface area contributed by atoms with Crippen LogP contribution in [0.4, 0.5) is 5.69 Å². The second kappa shape index (κ2) is 7.94. The quantitative estimate of drug-likeness (QED) is 0.481. The van der Waals surface area contributed by atoms with Crippen molar-refractivity contribution >= 4 is 28.3 Å². The van der Waals surface area contributed by atoms with E-state index < -0.39 is 12.1 Å². The van der Waals surface area contributed by atoms with Gasteiger partial charge in [-0.05, 0) is 78.4 Å². The smallest absolute Gasteiger partial charge is 0.247 e. The predicted molar refractivity (Wildman–Crippen MR) is 108 cm³/mol. The molecule has 0 radical (unpaired) electrons. The highest BCUT2D eigenvalue weighted by molar-refractivity contribution is 14.1. The van der Waals surface area contributed by atoms with Gasteiger partial charge in [-0.3, -0.25) is 0 Å². The van der Waals surface area contributed by atoms with Gasteiger partial charge >= 0.3 is 0 Å². The number of hydrogen-bond donors (Lipinski definition) is 3. The Morgan fingerprint density at radius 3 is 2.52 bits per heavy atom. The molecule has 0 aliphatic carbocycles. The van der Waals surface area contributed by atoms with Gasteiger partial charge in [0, 0.05) is 14.8 Å². The van der Waals surface area contributed by atoms with E-state index in [1.807, 2.05) is 6.92 Å². The Morgan fingerprint density at radius 2 is 1.89 bits per heavy atom. The lowest BCUT2D eigenvalue weighted by atomic mass is 10.1. The fourth-order valence-electron chi connectivity index (χ4n) is 2.56. The molecule has 0 aliphatic rings. The number of benzene rings is 2. The van der Waals surface area contributed by atoms with Crippen LogP contribution in [0.25, 0.3) is 11.5 Å². The number of nitrogens with one attached hydrogen (secondary N) is 1. The van der Waals surface area contributed by atoms with Gasteiger partial charge in [0.25, 0.3) is 0 Å². The third kappa shape index (κ3) is 4.04. The summed E-state index contributed by atoms with van der Waals surface area (Å²) < 4.78 is 6.59. The number of aliphatic hydroxyl groups is 1. The molecule has 0 amide bonds. The van der Waals surface area contributed by atoms with E-state index >= 15 is 0 Å². The standard InChI is InChI=1S/C19H17IN4O3/c1-10-15(8-5-13(9-21)16(10)20)22-17(11(2)25)19-24-23-18(27-19)12-3-6-14(26)7-4-12/h3-8,11,17,22,25-26H,1-2H3/t11-,17?/m0/s1. The molecule has 27 heavy (non-hydrogen) atoms. The Morgan fingerprint density at radius 1 is 1.19 bits per heavy atom. The fraction of sp³-hybridized carbons (Fsp3) is 0.211. The van der Waals surface area contributed by atoms with Crippen LogP contribution in [-0.4, -0.2) is 26.5 Å². The van der Waals surface area contributed by atoms with E-state index in [1.165, 1.54) is 12.1 Å². The summed E-state index contributed by atoms with van der Waals surface area (Å²) in [5, 5.41) is 40.1. The summed E-state index contributed by atoms with van der Waals surface area (Å²) in [6, 6.07) is 11.5. The van der Waals surface area contributed by atoms with E-state index in [0.717, 1.165) is 14.8 Å². The molecular weight excluding hydrogens is 459 g/mol. The van der Waals surface area contributed by atoms with Crippen molar-refractivity contribution < 1.29 is 14.6 Å². The molecule has 0 fully saturated rings. The van der Waals surface area contributed by atoms with Crippen LogP contribution in [0.2, 0.25) is 0 Å². The molecule has 0 saturated carbocycles. The van der Waals surface area contributed by atoms with Gasteiger partial charge in [0.2, 0.25) is 11.8 Å². The van der Waals surface area contributed by atoms with Crippen molar-refractivity contribution in [1.29, 1.82) is 5.26 Å². The highest BCUT2D eigenvalue weighted by Gasteiger charge is 2.25. The van der Waals surface area contributed by atoms with Crippen molar-refractivity contribution in [2.24, 2.45) is 0 Å². The van der Waals surface area contributed by atoms with Gasteiger partial charge in [-0.1, -0.05) is 0 Å². The number of nitriles is 1. The average Bonchev–Trinajstić information content (AvgIpc) is 3.13. The number of halogens is 1. The lowest BCUT2D eigenvalue weighted by Crippen LogP contribution is -2.23. The van der Waals surface area contributed by atoms with Crippen LogP contribution in [0.15, 0.2) is 40.8 Å². The van der Waals surface area contributed by atoms with E-state index in [1.54, 1.807) is 31.2 Å². The van der Waals surface area contributed by atoms with Crippen LogP contribution < -0.4 is 5.32 Å². The summed E-state index contributed by atoms with van der Waals surface area (Å²) in [6.07, 6.45) is -0.800. The third-order valence-electron chi connectivity index (χ3n) is 4.12. The maximum atomic E-state index is 10.2. The monoisotopic (exact) mass is 476 g/mol. The normalized spacial score (nSPS) is 13.0. The summed E-state index contributed by atoms with van der Waals surface area (Å²) in [6.45, 7) is 3.53. The molecule has 3 rings (SSSR count). The highest BCUT2D eigenvalue weighted by atomic mass is 127. The molecule has 0 bridgehead atoms. The Balaban J connectivity index is 1.90. The summed E-state index contributed by atoms with van der Waals surface area (Å²) in [7, 11) is 0. The molecule has 0 aliphatic heterocycles. The van der Waals surface area contributed by atoms with Crippen LogP contribution >= 0.6 is 22.6 Å².